The molecular formula is C20H22ClN5O. The molecular weight excluding hydrogens is 362 g/mol. The molecule has 2 aromatic heterocycles. The van der Waals surface area contributed by atoms with Gasteiger partial charge in [0, 0.05) is 43.9 Å². The van der Waals surface area contributed by atoms with E-state index in [1.165, 1.54) is 5.56 Å². The number of hydrogen-bond acceptors (Lipinski definition) is 4. The van der Waals surface area contributed by atoms with E-state index in [0.717, 1.165) is 48.7 Å². The van der Waals surface area contributed by atoms with Crippen molar-refractivity contribution in [1.29, 1.82) is 0 Å². The number of halogens is 1. The van der Waals surface area contributed by atoms with Gasteiger partial charge in [0.15, 0.2) is 5.65 Å². The maximum atomic E-state index is 12.6. The average Bonchev–Trinajstić information content (AvgIpc) is 3.05. The molecule has 0 bridgehead atoms. The summed E-state index contributed by atoms with van der Waals surface area (Å²) in [6.07, 6.45) is 5.21. The van der Waals surface area contributed by atoms with Crippen molar-refractivity contribution in [2.45, 2.75) is 25.4 Å². The van der Waals surface area contributed by atoms with Crippen molar-refractivity contribution in [2.24, 2.45) is 7.05 Å². The van der Waals surface area contributed by atoms with E-state index in [1.807, 2.05) is 23.7 Å². The minimum absolute atomic E-state index is 0.0776. The van der Waals surface area contributed by atoms with E-state index in [1.54, 1.807) is 18.6 Å². The van der Waals surface area contributed by atoms with Crippen LogP contribution in [0.25, 0.3) is 11.2 Å². The molecule has 3 heterocycles. The van der Waals surface area contributed by atoms with E-state index in [0.29, 0.717) is 5.56 Å². The van der Waals surface area contributed by atoms with Crippen LogP contribution in [0.1, 0.15) is 28.8 Å². The van der Waals surface area contributed by atoms with Crippen LogP contribution in [0.5, 0.6) is 0 Å². The SMILES string of the molecule is Cn1cnc2cc(C(=O)NC3CCN(Cc4ccc(Cl)cc4)CC3)cnc21. The van der Waals surface area contributed by atoms with E-state index < -0.39 is 0 Å². The fourth-order valence-corrected chi connectivity index (χ4v) is 3.62. The van der Waals surface area contributed by atoms with E-state index in [9.17, 15) is 4.79 Å². The van der Waals surface area contributed by atoms with Crippen molar-refractivity contribution in [3.63, 3.8) is 0 Å². The summed E-state index contributed by atoms with van der Waals surface area (Å²) in [5.74, 6) is -0.0776. The van der Waals surface area contributed by atoms with Crippen molar-refractivity contribution in [3.8, 4) is 0 Å². The second-order valence-electron chi connectivity index (χ2n) is 7.07. The summed E-state index contributed by atoms with van der Waals surface area (Å²) in [5.41, 5.74) is 3.34. The number of imidazole rings is 1. The number of pyridine rings is 1. The quantitative estimate of drug-likeness (QED) is 0.752. The number of piperidine rings is 1. The predicted molar refractivity (Wildman–Crippen MR) is 106 cm³/mol. The van der Waals surface area contributed by atoms with Crippen molar-refractivity contribution >= 4 is 28.7 Å². The number of carbonyl (C=O) groups is 1. The molecule has 0 spiro atoms. The average molecular weight is 384 g/mol. The van der Waals surface area contributed by atoms with E-state index in [-0.39, 0.29) is 11.9 Å². The molecule has 3 aromatic rings. The van der Waals surface area contributed by atoms with Crippen LogP contribution in [0.15, 0.2) is 42.9 Å². The Kier molecular flexibility index (Phi) is 5.09. The summed E-state index contributed by atoms with van der Waals surface area (Å²) in [6, 6.07) is 9.98. The molecule has 1 aromatic carbocycles. The highest BCUT2D eigenvalue weighted by molar-refractivity contribution is 6.30. The van der Waals surface area contributed by atoms with Gasteiger partial charge in [0.25, 0.3) is 5.91 Å². The lowest BCUT2D eigenvalue weighted by Crippen LogP contribution is -2.44. The zero-order valence-corrected chi connectivity index (χ0v) is 16.0. The second kappa shape index (κ2) is 7.66. The number of aryl methyl sites for hydroxylation is 1. The molecule has 7 heteroatoms. The summed E-state index contributed by atoms with van der Waals surface area (Å²) in [4.78, 5) is 23.6. The van der Waals surface area contributed by atoms with Gasteiger partial charge in [0.1, 0.15) is 5.52 Å². The van der Waals surface area contributed by atoms with Crippen LogP contribution in [0.3, 0.4) is 0 Å². The van der Waals surface area contributed by atoms with E-state index >= 15 is 0 Å². The number of rotatable bonds is 4. The summed E-state index contributed by atoms with van der Waals surface area (Å²) in [6.45, 7) is 2.84. The van der Waals surface area contributed by atoms with Gasteiger partial charge < -0.3 is 9.88 Å². The molecule has 27 heavy (non-hydrogen) atoms. The molecule has 0 aliphatic carbocycles. The number of nitrogens with one attached hydrogen (secondary N) is 1. The van der Waals surface area contributed by atoms with Crippen LogP contribution in [-0.2, 0) is 13.6 Å². The summed E-state index contributed by atoms with van der Waals surface area (Å²) in [5, 5.41) is 3.90. The van der Waals surface area contributed by atoms with E-state index in [4.69, 9.17) is 11.6 Å². The third kappa shape index (κ3) is 4.12. The van der Waals surface area contributed by atoms with Crippen LogP contribution in [0, 0.1) is 0 Å². The van der Waals surface area contributed by atoms with Crippen molar-refractivity contribution < 1.29 is 4.79 Å². The lowest BCUT2D eigenvalue weighted by molar-refractivity contribution is 0.0908. The Bertz CT molecular complexity index is 945. The summed E-state index contributed by atoms with van der Waals surface area (Å²) >= 11 is 5.94. The summed E-state index contributed by atoms with van der Waals surface area (Å²) in [7, 11) is 1.89. The van der Waals surface area contributed by atoms with Crippen LogP contribution >= 0.6 is 11.6 Å². The van der Waals surface area contributed by atoms with Crippen molar-refractivity contribution in [2.75, 3.05) is 13.1 Å². The van der Waals surface area contributed by atoms with Gasteiger partial charge >= 0.3 is 0 Å². The number of hydrogen-bond donors (Lipinski definition) is 1. The zero-order valence-electron chi connectivity index (χ0n) is 15.2. The minimum Gasteiger partial charge on any atom is -0.349 e. The molecule has 6 nitrogen and oxygen atoms in total. The topological polar surface area (TPSA) is 63.1 Å². The lowest BCUT2D eigenvalue weighted by Gasteiger charge is -2.32. The van der Waals surface area contributed by atoms with Gasteiger partial charge in [-0.05, 0) is 36.6 Å². The first-order valence-corrected chi connectivity index (χ1v) is 9.51. The molecule has 0 saturated carbocycles. The first kappa shape index (κ1) is 17.9. The smallest absolute Gasteiger partial charge is 0.253 e. The molecule has 0 atom stereocenters. The molecule has 0 radical (unpaired) electrons. The number of aromatic nitrogens is 3. The number of likely N-dealkylation sites (tertiary alicyclic amines) is 1. The highest BCUT2D eigenvalue weighted by Gasteiger charge is 2.21. The molecule has 1 amide bonds. The Morgan fingerprint density at radius 2 is 1.96 bits per heavy atom. The number of benzene rings is 1. The Balaban J connectivity index is 1.31. The molecule has 140 valence electrons. The number of carbonyl (C=O) groups excluding carboxylic acids is 1. The fourth-order valence-electron chi connectivity index (χ4n) is 3.49. The monoisotopic (exact) mass is 383 g/mol. The van der Waals surface area contributed by atoms with Crippen LogP contribution in [0.2, 0.25) is 5.02 Å². The maximum Gasteiger partial charge on any atom is 0.253 e. The van der Waals surface area contributed by atoms with Crippen LogP contribution < -0.4 is 5.32 Å². The van der Waals surface area contributed by atoms with Crippen LogP contribution in [-0.4, -0.2) is 44.5 Å². The van der Waals surface area contributed by atoms with Gasteiger partial charge in [0.05, 0.1) is 11.9 Å². The molecule has 1 saturated heterocycles. The molecule has 4 rings (SSSR count). The third-order valence-corrected chi connectivity index (χ3v) is 5.31. The molecule has 1 aliphatic heterocycles. The van der Waals surface area contributed by atoms with Gasteiger partial charge in [0.2, 0.25) is 0 Å². The first-order valence-electron chi connectivity index (χ1n) is 9.13. The zero-order chi connectivity index (χ0) is 18.8. The number of nitrogens with zero attached hydrogens (tertiary/aromatic N) is 4. The van der Waals surface area contributed by atoms with Crippen molar-refractivity contribution in [1.82, 2.24) is 24.8 Å². The lowest BCUT2D eigenvalue weighted by atomic mass is 10.0. The Hall–Kier alpha value is -2.44. The molecule has 1 fully saturated rings. The highest BCUT2D eigenvalue weighted by Crippen LogP contribution is 2.17. The second-order valence-corrected chi connectivity index (χ2v) is 7.51. The first-order chi connectivity index (χ1) is 13.1. The standard InChI is InChI=1S/C20H22ClN5O/c1-25-13-23-18-10-15(11-22-19(18)25)20(27)24-17-6-8-26(9-7-17)12-14-2-4-16(21)5-3-14/h2-5,10-11,13,17H,6-9,12H2,1H3,(H,24,27). The normalized spacial score (nSPS) is 15.9. The molecule has 1 N–H and O–H groups in total. The van der Waals surface area contributed by atoms with Crippen molar-refractivity contribution in [3.05, 3.63) is 59.0 Å². The minimum atomic E-state index is -0.0776. The molecule has 1 aliphatic rings. The van der Waals surface area contributed by atoms with Gasteiger partial charge in [-0.1, -0.05) is 23.7 Å². The fraction of sp³-hybridized carbons (Fsp3) is 0.350. The van der Waals surface area contributed by atoms with Gasteiger partial charge in [-0.25, -0.2) is 9.97 Å². The predicted octanol–water partition coefficient (Wildman–Crippen LogP) is 3.02. The Morgan fingerprint density at radius 1 is 1.22 bits per heavy atom. The largest absolute Gasteiger partial charge is 0.349 e. The maximum absolute atomic E-state index is 12.6. The van der Waals surface area contributed by atoms with Gasteiger partial charge in [-0.2, -0.15) is 0 Å². The van der Waals surface area contributed by atoms with E-state index in [2.05, 4.69) is 32.3 Å². The van der Waals surface area contributed by atoms with Crippen LogP contribution in [0.4, 0.5) is 0 Å². The third-order valence-electron chi connectivity index (χ3n) is 5.06. The number of fused-ring (bicyclic) bond motifs is 1. The Labute approximate surface area is 163 Å². The van der Waals surface area contributed by atoms with Gasteiger partial charge in [-0.15, -0.1) is 0 Å². The number of amides is 1. The highest BCUT2D eigenvalue weighted by atomic mass is 35.5. The van der Waals surface area contributed by atoms with Gasteiger partial charge in [-0.3, -0.25) is 9.69 Å². The Morgan fingerprint density at radius 3 is 2.70 bits per heavy atom. The summed E-state index contributed by atoms with van der Waals surface area (Å²) < 4.78 is 1.84. The molecule has 0 unspecified atom stereocenters.